The van der Waals surface area contributed by atoms with Gasteiger partial charge in [0.2, 0.25) is 10.0 Å². The van der Waals surface area contributed by atoms with Crippen molar-refractivity contribution in [3.63, 3.8) is 0 Å². The quantitative estimate of drug-likeness (QED) is 0.581. The van der Waals surface area contributed by atoms with Crippen LogP contribution in [0, 0.1) is 0 Å². The smallest absolute Gasteiger partial charge is 0.257 e. The summed E-state index contributed by atoms with van der Waals surface area (Å²) in [6.45, 7) is 0.939. The molecule has 0 radical (unpaired) electrons. The zero-order chi connectivity index (χ0) is 22.6. The number of pyridine rings is 1. The number of aromatic nitrogens is 2. The van der Waals surface area contributed by atoms with Crippen LogP contribution in [-0.4, -0.2) is 48.8 Å². The molecule has 1 saturated heterocycles. The van der Waals surface area contributed by atoms with Gasteiger partial charge in [-0.25, -0.2) is 13.4 Å². The van der Waals surface area contributed by atoms with Gasteiger partial charge in [-0.05, 0) is 43.2 Å². The summed E-state index contributed by atoms with van der Waals surface area (Å²) in [4.78, 5) is 21.5. The largest absolute Gasteiger partial charge is 0.495 e. The van der Waals surface area contributed by atoms with Gasteiger partial charge in [-0.15, -0.1) is 11.3 Å². The molecule has 1 amide bonds. The van der Waals surface area contributed by atoms with Gasteiger partial charge in [-0.1, -0.05) is 18.9 Å². The molecule has 3 heterocycles. The monoisotopic (exact) mass is 472 g/mol. The number of ether oxygens (including phenoxy) is 1. The number of nitrogens with zero attached hydrogens (tertiary/aromatic N) is 3. The molecule has 0 spiro atoms. The van der Waals surface area contributed by atoms with Crippen molar-refractivity contribution < 1.29 is 17.9 Å². The van der Waals surface area contributed by atoms with Crippen molar-refractivity contribution in [2.45, 2.75) is 30.6 Å². The molecule has 1 N–H and O–H groups in total. The van der Waals surface area contributed by atoms with Crippen LogP contribution in [0.25, 0.3) is 11.4 Å². The predicted molar refractivity (Wildman–Crippen MR) is 124 cm³/mol. The van der Waals surface area contributed by atoms with Crippen molar-refractivity contribution in [3.05, 3.63) is 53.5 Å². The minimum atomic E-state index is -3.78. The number of hydrogen-bond donors (Lipinski definition) is 1. The third-order valence-electron chi connectivity index (χ3n) is 5.26. The van der Waals surface area contributed by atoms with Gasteiger partial charge < -0.3 is 4.74 Å². The van der Waals surface area contributed by atoms with Crippen molar-refractivity contribution in [1.29, 1.82) is 0 Å². The molecule has 1 aromatic carbocycles. The highest BCUT2D eigenvalue weighted by atomic mass is 32.2. The number of benzene rings is 1. The van der Waals surface area contributed by atoms with E-state index < -0.39 is 15.9 Å². The second-order valence-corrected chi connectivity index (χ2v) is 10.2. The number of nitrogens with one attached hydrogen (secondary N) is 1. The molecular formula is C22H24N4O4S2. The molecule has 0 unspecified atom stereocenters. The van der Waals surface area contributed by atoms with Gasteiger partial charge >= 0.3 is 0 Å². The van der Waals surface area contributed by atoms with Crippen molar-refractivity contribution in [1.82, 2.24) is 14.3 Å². The first-order valence-corrected chi connectivity index (χ1v) is 12.7. The number of anilines is 1. The van der Waals surface area contributed by atoms with Gasteiger partial charge in [-0.2, -0.15) is 4.31 Å². The van der Waals surface area contributed by atoms with E-state index in [0.29, 0.717) is 29.6 Å². The molecule has 1 aliphatic rings. The zero-order valence-corrected chi connectivity index (χ0v) is 19.3. The summed E-state index contributed by atoms with van der Waals surface area (Å²) in [5.74, 6) is -0.223. The Morgan fingerprint density at radius 1 is 1.09 bits per heavy atom. The van der Waals surface area contributed by atoms with Crippen LogP contribution in [0.4, 0.5) is 5.13 Å². The van der Waals surface area contributed by atoms with Crippen molar-refractivity contribution in [2.75, 3.05) is 25.5 Å². The second-order valence-electron chi connectivity index (χ2n) is 7.39. The molecule has 0 saturated carbocycles. The van der Waals surface area contributed by atoms with Crippen LogP contribution in [0.2, 0.25) is 0 Å². The Bertz CT molecular complexity index is 1190. The summed E-state index contributed by atoms with van der Waals surface area (Å²) in [5.41, 5.74) is 1.58. The lowest BCUT2D eigenvalue weighted by atomic mass is 10.2. The van der Waals surface area contributed by atoms with Crippen molar-refractivity contribution >= 4 is 32.4 Å². The Labute approximate surface area is 191 Å². The van der Waals surface area contributed by atoms with E-state index in [9.17, 15) is 13.2 Å². The van der Waals surface area contributed by atoms with Gasteiger partial charge in [0.05, 0.1) is 12.8 Å². The molecule has 0 aliphatic carbocycles. The summed E-state index contributed by atoms with van der Waals surface area (Å²) < 4.78 is 33.4. The summed E-state index contributed by atoms with van der Waals surface area (Å²) in [6.07, 6.45) is 5.35. The molecule has 32 heavy (non-hydrogen) atoms. The average molecular weight is 473 g/mol. The number of amides is 1. The normalized spacial score (nSPS) is 15.2. The highest BCUT2D eigenvalue weighted by molar-refractivity contribution is 7.89. The standard InChI is InChI=1S/C22H24N4O4S2/c1-30-19-10-9-16(14-20(19)32(28,29)26-12-6-2-3-7-13-26)21(27)25-22-24-18(15-31-22)17-8-4-5-11-23-17/h4-5,8-11,14-15H,2-3,6-7,12-13H2,1H3,(H,24,25,27). The molecule has 10 heteroatoms. The lowest BCUT2D eigenvalue weighted by Gasteiger charge is -2.21. The molecule has 3 aromatic rings. The minimum Gasteiger partial charge on any atom is -0.495 e. The summed E-state index contributed by atoms with van der Waals surface area (Å²) in [6, 6.07) is 9.96. The maximum absolute atomic E-state index is 13.3. The molecule has 0 bridgehead atoms. The van der Waals surface area contributed by atoms with Crippen molar-refractivity contribution in [3.8, 4) is 17.1 Å². The number of methoxy groups -OCH3 is 1. The van der Waals surface area contributed by atoms with E-state index in [1.165, 1.54) is 34.9 Å². The van der Waals surface area contributed by atoms with Crippen LogP contribution in [0.1, 0.15) is 36.0 Å². The first kappa shape index (κ1) is 22.4. The van der Waals surface area contributed by atoms with E-state index in [-0.39, 0.29) is 16.2 Å². The highest BCUT2D eigenvalue weighted by Gasteiger charge is 2.29. The molecule has 4 rings (SSSR count). The van der Waals surface area contributed by atoms with Gasteiger partial charge in [-0.3, -0.25) is 15.1 Å². The van der Waals surface area contributed by atoms with Crippen LogP contribution in [0.15, 0.2) is 52.9 Å². The van der Waals surface area contributed by atoms with E-state index in [1.807, 2.05) is 18.2 Å². The van der Waals surface area contributed by atoms with E-state index in [4.69, 9.17) is 4.74 Å². The summed E-state index contributed by atoms with van der Waals surface area (Å²) in [5, 5.41) is 4.96. The van der Waals surface area contributed by atoms with Crippen molar-refractivity contribution in [2.24, 2.45) is 0 Å². The SMILES string of the molecule is COc1ccc(C(=O)Nc2nc(-c3ccccn3)cs2)cc1S(=O)(=O)N1CCCCCC1. The van der Waals surface area contributed by atoms with Crippen LogP contribution >= 0.6 is 11.3 Å². The van der Waals surface area contributed by atoms with Gasteiger partial charge in [0.25, 0.3) is 5.91 Å². The van der Waals surface area contributed by atoms with Gasteiger partial charge in [0.1, 0.15) is 16.3 Å². The Balaban J connectivity index is 1.58. The van der Waals surface area contributed by atoms with Gasteiger partial charge in [0, 0.05) is 30.2 Å². The van der Waals surface area contributed by atoms with E-state index >= 15 is 0 Å². The first-order valence-electron chi connectivity index (χ1n) is 10.4. The number of thiazole rings is 1. The molecule has 1 fully saturated rings. The van der Waals surface area contributed by atoms with Crippen LogP contribution < -0.4 is 10.1 Å². The molecule has 1 aliphatic heterocycles. The molecule has 0 atom stereocenters. The fourth-order valence-electron chi connectivity index (χ4n) is 3.57. The van der Waals surface area contributed by atoms with E-state index in [2.05, 4.69) is 15.3 Å². The third kappa shape index (κ3) is 4.82. The van der Waals surface area contributed by atoms with Gasteiger partial charge in [0.15, 0.2) is 5.13 Å². The fourth-order valence-corrected chi connectivity index (χ4v) is 5.97. The average Bonchev–Trinajstić information content (AvgIpc) is 3.10. The number of carbonyl (C=O) groups is 1. The molecular weight excluding hydrogens is 448 g/mol. The fraction of sp³-hybridized carbons (Fsp3) is 0.318. The molecule has 2 aromatic heterocycles. The highest BCUT2D eigenvalue weighted by Crippen LogP contribution is 2.30. The second kappa shape index (κ2) is 9.76. The van der Waals surface area contributed by atoms with Crippen LogP contribution in [0.5, 0.6) is 5.75 Å². The minimum absolute atomic E-state index is 0.00265. The zero-order valence-electron chi connectivity index (χ0n) is 17.7. The van der Waals surface area contributed by atoms with E-state index in [0.717, 1.165) is 25.7 Å². The summed E-state index contributed by atoms with van der Waals surface area (Å²) in [7, 11) is -2.36. The summed E-state index contributed by atoms with van der Waals surface area (Å²) >= 11 is 1.28. The third-order valence-corrected chi connectivity index (χ3v) is 7.94. The first-order chi connectivity index (χ1) is 15.5. The topological polar surface area (TPSA) is 101 Å². The Morgan fingerprint density at radius 3 is 2.56 bits per heavy atom. The number of carbonyl (C=O) groups excluding carboxylic acids is 1. The van der Waals surface area contributed by atoms with Crippen LogP contribution in [-0.2, 0) is 10.0 Å². The van der Waals surface area contributed by atoms with Crippen LogP contribution in [0.3, 0.4) is 0 Å². The maximum Gasteiger partial charge on any atom is 0.257 e. The number of rotatable bonds is 6. The lowest BCUT2D eigenvalue weighted by molar-refractivity contribution is 0.102. The Morgan fingerprint density at radius 2 is 1.88 bits per heavy atom. The number of hydrogen-bond acceptors (Lipinski definition) is 7. The maximum atomic E-state index is 13.3. The number of sulfonamides is 1. The molecule has 168 valence electrons. The molecule has 8 nitrogen and oxygen atoms in total. The lowest BCUT2D eigenvalue weighted by Crippen LogP contribution is -2.32. The Hall–Kier alpha value is -2.82. The predicted octanol–water partition coefficient (Wildman–Crippen LogP) is 4.03. The Kier molecular flexibility index (Phi) is 6.83. The van der Waals surface area contributed by atoms with E-state index in [1.54, 1.807) is 17.6 Å².